The van der Waals surface area contributed by atoms with Crippen LogP contribution in [0.15, 0.2) is 41.1 Å². The Morgan fingerprint density at radius 1 is 1.54 bits per heavy atom. The Kier molecular flexibility index (Phi) is 7.48. The standard InChI is InChI=1S/C12H17Cl/c1-4-6-7-8-10-12(13)11(3)9-5-2/h5,7,10H,2,4,6,9H2,1,3H3/b12-11+. The van der Waals surface area contributed by atoms with Gasteiger partial charge in [-0.3, -0.25) is 0 Å². The lowest BCUT2D eigenvalue weighted by atomic mass is 10.2. The smallest absolute Gasteiger partial charge is 0.0475 e. The Morgan fingerprint density at radius 2 is 2.23 bits per heavy atom. The topological polar surface area (TPSA) is 0 Å². The normalized spacial score (nSPS) is 11.3. The fraction of sp³-hybridized carbons (Fsp3) is 0.417. The molecule has 13 heavy (non-hydrogen) atoms. The molecule has 0 spiro atoms. The van der Waals surface area contributed by atoms with Crippen LogP contribution in [-0.4, -0.2) is 0 Å². The molecule has 0 radical (unpaired) electrons. The molecule has 0 fully saturated rings. The minimum atomic E-state index is 0.771. The summed E-state index contributed by atoms with van der Waals surface area (Å²) >= 11 is 5.98. The molecule has 0 aromatic rings. The first-order chi connectivity index (χ1) is 6.22. The van der Waals surface area contributed by atoms with Gasteiger partial charge in [0.1, 0.15) is 0 Å². The van der Waals surface area contributed by atoms with E-state index in [1.807, 2.05) is 25.2 Å². The molecule has 72 valence electrons. The highest BCUT2D eigenvalue weighted by Crippen LogP contribution is 2.13. The Bertz CT molecular complexity index is 240. The first-order valence-corrected chi connectivity index (χ1v) is 4.97. The van der Waals surface area contributed by atoms with Gasteiger partial charge in [0.25, 0.3) is 0 Å². The molecule has 0 aromatic heterocycles. The molecule has 0 aliphatic carbocycles. The van der Waals surface area contributed by atoms with Crippen molar-refractivity contribution in [3.63, 3.8) is 0 Å². The first-order valence-electron chi connectivity index (χ1n) is 4.59. The maximum absolute atomic E-state index is 5.98. The molecule has 0 N–H and O–H groups in total. The van der Waals surface area contributed by atoms with Crippen LogP contribution in [0.25, 0.3) is 0 Å². The van der Waals surface area contributed by atoms with Gasteiger partial charge in [-0.1, -0.05) is 36.6 Å². The van der Waals surface area contributed by atoms with E-state index >= 15 is 0 Å². The molecule has 0 saturated carbocycles. The van der Waals surface area contributed by atoms with E-state index in [0.29, 0.717) is 0 Å². The van der Waals surface area contributed by atoms with E-state index in [4.69, 9.17) is 11.6 Å². The first kappa shape index (κ1) is 12.3. The van der Waals surface area contributed by atoms with E-state index < -0.39 is 0 Å². The molecular weight excluding hydrogens is 180 g/mol. The maximum Gasteiger partial charge on any atom is 0.0475 e. The van der Waals surface area contributed by atoms with Gasteiger partial charge in [-0.2, -0.15) is 0 Å². The monoisotopic (exact) mass is 196 g/mol. The second-order valence-corrected chi connectivity index (χ2v) is 3.33. The molecule has 0 saturated heterocycles. The van der Waals surface area contributed by atoms with Crippen LogP contribution in [-0.2, 0) is 0 Å². The highest BCUT2D eigenvalue weighted by Gasteiger charge is 1.91. The van der Waals surface area contributed by atoms with Crippen LogP contribution in [0.1, 0.15) is 33.1 Å². The molecule has 1 heteroatoms. The predicted octanol–water partition coefficient (Wildman–Crippen LogP) is 4.59. The molecule has 0 aliphatic rings. The van der Waals surface area contributed by atoms with E-state index in [0.717, 1.165) is 29.9 Å². The van der Waals surface area contributed by atoms with Gasteiger partial charge in [0.15, 0.2) is 0 Å². The third kappa shape index (κ3) is 6.45. The number of allylic oxidation sites excluding steroid dienone is 4. The van der Waals surface area contributed by atoms with Crippen molar-refractivity contribution in [3.05, 3.63) is 41.1 Å². The summed E-state index contributed by atoms with van der Waals surface area (Å²) in [6.07, 6.45) is 8.71. The summed E-state index contributed by atoms with van der Waals surface area (Å²) in [5, 5.41) is 0.771. The van der Waals surface area contributed by atoms with Crippen LogP contribution in [0.2, 0.25) is 0 Å². The van der Waals surface area contributed by atoms with Gasteiger partial charge in [0, 0.05) is 5.03 Å². The zero-order valence-corrected chi connectivity index (χ0v) is 9.19. The predicted molar refractivity (Wildman–Crippen MR) is 60.9 cm³/mol. The Hall–Kier alpha value is -0.710. The summed E-state index contributed by atoms with van der Waals surface area (Å²) in [5.41, 5.74) is 4.18. The van der Waals surface area contributed by atoms with Gasteiger partial charge in [0.2, 0.25) is 0 Å². The Balaban J connectivity index is 4.25. The van der Waals surface area contributed by atoms with E-state index in [1.165, 1.54) is 0 Å². The molecule has 0 unspecified atom stereocenters. The Labute approximate surface area is 86.3 Å². The second kappa shape index (κ2) is 7.91. The van der Waals surface area contributed by atoms with E-state index in [1.54, 1.807) is 0 Å². The fourth-order valence-electron chi connectivity index (χ4n) is 0.797. The van der Waals surface area contributed by atoms with Gasteiger partial charge >= 0.3 is 0 Å². The minimum Gasteiger partial charge on any atom is -0.124 e. The molecule has 0 aliphatic heterocycles. The molecule has 0 nitrogen and oxygen atoms in total. The third-order valence-electron chi connectivity index (χ3n) is 1.62. The molecule has 0 amide bonds. The lowest BCUT2D eigenvalue weighted by Crippen LogP contribution is -1.75. The summed E-state index contributed by atoms with van der Waals surface area (Å²) in [7, 11) is 0. The zero-order chi connectivity index (χ0) is 10.1. The van der Waals surface area contributed by atoms with Gasteiger partial charge in [-0.05, 0) is 31.9 Å². The largest absolute Gasteiger partial charge is 0.124 e. The highest BCUT2D eigenvalue weighted by molar-refractivity contribution is 6.31. The average molecular weight is 197 g/mol. The maximum atomic E-state index is 5.98. The SMILES string of the molecule is C=CC/C(C)=C(/Cl)C=C=CCCC. The molecule has 0 bridgehead atoms. The third-order valence-corrected chi connectivity index (χ3v) is 2.05. The van der Waals surface area contributed by atoms with Crippen LogP contribution in [0.4, 0.5) is 0 Å². The molecular formula is C12H17Cl. The van der Waals surface area contributed by atoms with E-state index in [-0.39, 0.29) is 0 Å². The summed E-state index contributed by atoms with van der Waals surface area (Å²) in [5.74, 6) is 0. The van der Waals surface area contributed by atoms with Crippen LogP contribution >= 0.6 is 11.6 Å². The lowest BCUT2D eigenvalue weighted by molar-refractivity contribution is 0.960. The van der Waals surface area contributed by atoms with Crippen molar-refractivity contribution in [2.75, 3.05) is 0 Å². The molecule has 0 atom stereocenters. The minimum absolute atomic E-state index is 0.771. The Morgan fingerprint density at radius 3 is 2.77 bits per heavy atom. The summed E-state index contributed by atoms with van der Waals surface area (Å²) in [4.78, 5) is 0. The van der Waals surface area contributed by atoms with Crippen molar-refractivity contribution in [2.24, 2.45) is 0 Å². The zero-order valence-electron chi connectivity index (χ0n) is 8.44. The lowest BCUT2D eigenvalue weighted by Gasteiger charge is -1.95. The van der Waals surface area contributed by atoms with E-state index in [2.05, 4.69) is 19.2 Å². The van der Waals surface area contributed by atoms with Gasteiger partial charge in [0.05, 0.1) is 0 Å². The average Bonchev–Trinajstić information content (AvgIpc) is 2.12. The van der Waals surface area contributed by atoms with Gasteiger partial charge < -0.3 is 0 Å². The summed E-state index contributed by atoms with van der Waals surface area (Å²) in [6, 6.07) is 0. The van der Waals surface area contributed by atoms with Gasteiger partial charge in [-0.25, -0.2) is 0 Å². The fourth-order valence-corrected chi connectivity index (χ4v) is 0.937. The molecule has 0 aromatic carbocycles. The van der Waals surface area contributed by atoms with Crippen LogP contribution in [0.3, 0.4) is 0 Å². The van der Waals surface area contributed by atoms with Crippen LogP contribution in [0, 0.1) is 0 Å². The van der Waals surface area contributed by atoms with Crippen molar-refractivity contribution < 1.29 is 0 Å². The second-order valence-electron chi connectivity index (χ2n) is 2.92. The number of rotatable bonds is 5. The van der Waals surface area contributed by atoms with E-state index in [9.17, 15) is 0 Å². The number of hydrogen-bond acceptors (Lipinski definition) is 0. The molecule has 0 rings (SSSR count). The van der Waals surface area contributed by atoms with Crippen molar-refractivity contribution in [3.8, 4) is 0 Å². The quantitative estimate of drug-likeness (QED) is 0.343. The van der Waals surface area contributed by atoms with Crippen molar-refractivity contribution >= 4 is 11.6 Å². The van der Waals surface area contributed by atoms with Gasteiger partial charge in [-0.15, -0.1) is 12.3 Å². The van der Waals surface area contributed by atoms with Crippen molar-refractivity contribution in [1.82, 2.24) is 0 Å². The van der Waals surface area contributed by atoms with Crippen LogP contribution < -0.4 is 0 Å². The number of hydrogen-bond donors (Lipinski definition) is 0. The summed E-state index contributed by atoms with van der Waals surface area (Å²) in [6.45, 7) is 7.80. The molecule has 0 heterocycles. The summed E-state index contributed by atoms with van der Waals surface area (Å²) < 4.78 is 0. The van der Waals surface area contributed by atoms with Crippen molar-refractivity contribution in [2.45, 2.75) is 33.1 Å². The number of unbranched alkanes of at least 4 members (excludes halogenated alkanes) is 1. The highest BCUT2D eigenvalue weighted by atomic mass is 35.5. The number of halogens is 1. The van der Waals surface area contributed by atoms with Crippen molar-refractivity contribution in [1.29, 1.82) is 0 Å². The van der Waals surface area contributed by atoms with Crippen LogP contribution in [0.5, 0.6) is 0 Å².